The zero-order valence-corrected chi connectivity index (χ0v) is 10.2. The molecule has 7 nitrogen and oxygen atoms in total. The molecule has 2 aliphatic rings. The van der Waals surface area contributed by atoms with E-state index in [4.69, 9.17) is 10.4 Å². The number of carboxylic acid groups (broad SMARTS) is 1. The van der Waals surface area contributed by atoms with Crippen molar-refractivity contribution in [3.05, 3.63) is 12.2 Å². The molecule has 1 amide bonds. The van der Waals surface area contributed by atoms with Crippen molar-refractivity contribution in [2.45, 2.75) is 29.5 Å². The number of sulfone groups is 1. The summed E-state index contributed by atoms with van der Waals surface area (Å²) in [6.07, 6.45) is 1.79. The molecule has 0 aromatic carbocycles. The summed E-state index contributed by atoms with van der Waals surface area (Å²) in [5, 5.41) is 16.5. The maximum atomic E-state index is 12.2. The van der Waals surface area contributed by atoms with Crippen molar-refractivity contribution in [3.8, 4) is 6.07 Å². The number of nitriles is 1. The maximum Gasteiger partial charge on any atom is 0.328 e. The molecular weight excluding hydrogens is 260 g/mol. The highest BCUT2D eigenvalue weighted by molar-refractivity contribution is 7.94. The van der Waals surface area contributed by atoms with Crippen molar-refractivity contribution in [1.29, 1.82) is 5.26 Å². The fraction of sp³-hybridized carbons (Fsp3) is 0.500. The van der Waals surface area contributed by atoms with Crippen LogP contribution in [0.4, 0.5) is 0 Å². The number of carbonyl (C=O) groups excluding carboxylic acids is 1. The van der Waals surface area contributed by atoms with E-state index in [0.717, 1.165) is 17.1 Å². The van der Waals surface area contributed by atoms with Crippen LogP contribution in [0.1, 0.15) is 13.3 Å². The van der Waals surface area contributed by atoms with Gasteiger partial charge in [0.15, 0.2) is 15.9 Å². The molecule has 2 aliphatic heterocycles. The Hall–Kier alpha value is -1.88. The Morgan fingerprint density at radius 1 is 1.67 bits per heavy atom. The van der Waals surface area contributed by atoms with Gasteiger partial charge >= 0.3 is 5.97 Å². The number of rotatable bonds is 2. The molecular formula is C10H10N2O5S. The van der Waals surface area contributed by atoms with E-state index in [2.05, 4.69) is 0 Å². The first-order chi connectivity index (χ1) is 8.27. The van der Waals surface area contributed by atoms with Crippen molar-refractivity contribution in [2.24, 2.45) is 0 Å². The summed E-state index contributed by atoms with van der Waals surface area (Å²) in [6, 6.07) is 0.163. The number of aliphatic carboxylic acids is 1. The van der Waals surface area contributed by atoms with Crippen LogP contribution in [0.25, 0.3) is 0 Å². The van der Waals surface area contributed by atoms with Gasteiger partial charge in [-0.15, -0.1) is 0 Å². The minimum atomic E-state index is -3.84. The summed E-state index contributed by atoms with van der Waals surface area (Å²) in [5.41, 5.74) is 0. The molecule has 0 bridgehead atoms. The molecule has 0 aromatic rings. The molecule has 2 rings (SSSR count). The smallest absolute Gasteiger partial charge is 0.328 e. The van der Waals surface area contributed by atoms with Crippen molar-refractivity contribution >= 4 is 21.7 Å². The van der Waals surface area contributed by atoms with Crippen LogP contribution in [0.5, 0.6) is 0 Å². The number of amides is 1. The topological polar surface area (TPSA) is 116 Å². The summed E-state index contributed by atoms with van der Waals surface area (Å²) in [6.45, 7) is 1.22. The van der Waals surface area contributed by atoms with E-state index >= 15 is 0 Å². The minimum Gasteiger partial charge on any atom is -0.480 e. The van der Waals surface area contributed by atoms with E-state index in [1.54, 1.807) is 6.07 Å². The number of hydrogen-bond donors (Lipinski definition) is 1. The summed E-state index contributed by atoms with van der Waals surface area (Å²) < 4.78 is 22.7. The quantitative estimate of drug-likeness (QED) is 0.522. The first-order valence-corrected chi connectivity index (χ1v) is 6.66. The molecule has 2 fully saturated rings. The monoisotopic (exact) mass is 270 g/mol. The number of hydrogen-bond acceptors (Lipinski definition) is 5. The fourth-order valence-electron chi connectivity index (χ4n) is 2.45. The molecule has 0 aromatic heterocycles. The van der Waals surface area contributed by atoms with Crippen molar-refractivity contribution < 1.29 is 23.1 Å². The Bertz CT molecular complexity index is 602. The average molecular weight is 270 g/mol. The van der Waals surface area contributed by atoms with Crippen LogP contribution in [0.3, 0.4) is 0 Å². The highest BCUT2D eigenvalue weighted by atomic mass is 32.2. The van der Waals surface area contributed by atoms with Gasteiger partial charge in [-0.25, -0.2) is 13.2 Å². The zero-order valence-electron chi connectivity index (χ0n) is 9.40. The molecule has 3 atom stereocenters. The van der Waals surface area contributed by atoms with Gasteiger partial charge in [0.2, 0.25) is 5.91 Å². The number of carbonyl (C=O) groups is 2. The van der Waals surface area contributed by atoms with Gasteiger partial charge in [-0.1, -0.05) is 6.08 Å². The molecule has 18 heavy (non-hydrogen) atoms. The second-order valence-electron chi connectivity index (χ2n) is 4.39. The van der Waals surface area contributed by atoms with Crippen molar-refractivity contribution in [1.82, 2.24) is 4.90 Å². The third kappa shape index (κ3) is 1.25. The Morgan fingerprint density at radius 2 is 2.28 bits per heavy atom. The molecule has 1 unspecified atom stereocenters. The van der Waals surface area contributed by atoms with Gasteiger partial charge < -0.3 is 10.0 Å². The summed E-state index contributed by atoms with van der Waals surface area (Å²) in [7, 11) is -3.84. The standard InChI is InChI=1S/C10H10N2O5S/c1-10(3-2-4-11)8(9(14)15)12-6(13)5-7(12)18(10,16)17/h2-3,7-8H,5H2,1H3,(H,14,15)/t7?,8-,10-/m0/s1. The predicted octanol–water partition coefficient (Wildman–Crippen LogP) is -0.735. The first kappa shape index (κ1) is 12.6. The lowest BCUT2D eigenvalue weighted by atomic mass is 9.96. The van der Waals surface area contributed by atoms with Crippen LogP contribution < -0.4 is 0 Å². The molecule has 2 heterocycles. The molecule has 0 saturated carbocycles. The number of allylic oxidation sites excluding steroid dienone is 1. The average Bonchev–Trinajstić information content (AvgIpc) is 2.41. The molecule has 96 valence electrons. The third-order valence-electron chi connectivity index (χ3n) is 3.46. The Kier molecular flexibility index (Phi) is 2.48. The van der Waals surface area contributed by atoms with E-state index in [-0.39, 0.29) is 6.42 Å². The Balaban J connectivity index is 2.61. The normalized spacial score (nSPS) is 37.1. The van der Waals surface area contributed by atoms with Crippen LogP contribution in [0, 0.1) is 11.3 Å². The molecule has 8 heteroatoms. The van der Waals surface area contributed by atoms with Gasteiger partial charge in [0.05, 0.1) is 12.5 Å². The fourth-order valence-corrected chi connectivity index (χ4v) is 4.72. The van der Waals surface area contributed by atoms with Gasteiger partial charge in [0, 0.05) is 6.08 Å². The Morgan fingerprint density at radius 3 is 2.72 bits per heavy atom. The number of β-lactam (4-membered cyclic amide) rings is 1. The summed E-state index contributed by atoms with van der Waals surface area (Å²) >= 11 is 0. The number of carboxylic acids is 1. The molecule has 1 N–H and O–H groups in total. The van der Waals surface area contributed by atoms with Gasteiger partial charge in [-0.05, 0) is 6.92 Å². The van der Waals surface area contributed by atoms with Gasteiger partial charge in [-0.2, -0.15) is 5.26 Å². The van der Waals surface area contributed by atoms with Crippen LogP contribution in [0.2, 0.25) is 0 Å². The third-order valence-corrected chi connectivity index (χ3v) is 6.16. The van der Waals surface area contributed by atoms with Crippen molar-refractivity contribution in [2.75, 3.05) is 0 Å². The van der Waals surface area contributed by atoms with E-state index in [1.807, 2.05) is 0 Å². The molecule has 0 aliphatic carbocycles. The predicted molar refractivity (Wildman–Crippen MR) is 58.8 cm³/mol. The lowest BCUT2D eigenvalue weighted by Crippen LogP contribution is -2.57. The van der Waals surface area contributed by atoms with E-state index in [0.29, 0.717) is 0 Å². The van der Waals surface area contributed by atoms with Crippen LogP contribution in [-0.4, -0.2) is 46.5 Å². The molecule has 0 radical (unpaired) electrons. The zero-order chi connectivity index (χ0) is 13.7. The van der Waals surface area contributed by atoms with Crippen LogP contribution >= 0.6 is 0 Å². The van der Waals surface area contributed by atoms with E-state index in [1.165, 1.54) is 6.92 Å². The summed E-state index contributed by atoms with van der Waals surface area (Å²) in [4.78, 5) is 23.5. The van der Waals surface area contributed by atoms with Gasteiger partial charge in [-0.3, -0.25) is 4.79 Å². The minimum absolute atomic E-state index is 0.192. The van der Waals surface area contributed by atoms with Gasteiger partial charge in [0.1, 0.15) is 10.1 Å². The van der Waals surface area contributed by atoms with Crippen molar-refractivity contribution in [3.63, 3.8) is 0 Å². The van der Waals surface area contributed by atoms with Crippen LogP contribution in [-0.2, 0) is 19.4 Å². The number of nitrogens with zero attached hydrogens (tertiary/aromatic N) is 2. The largest absolute Gasteiger partial charge is 0.480 e. The lowest BCUT2D eigenvalue weighted by Gasteiger charge is -2.35. The second kappa shape index (κ2) is 3.55. The molecule has 0 spiro atoms. The van der Waals surface area contributed by atoms with Crippen LogP contribution in [0.15, 0.2) is 12.2 Å². The first-order valence-electron chi connectivity index (χ1n) is 5.12. The van der Waals surface area contributed by atoms with E-state index in [9.17, 15) is 18.0 Å². The van der Waals surface area contributed by atoms with Gasteiger partial charge in [0.25, 0.3) is 0 Å². The molecule has 2 saturated heterocycles. The lowest BCUT2D eigenvalue weighted by molar-refractivity contribution is -0.157. The second-order valence-corrected chi connectivity index (χ2v) is 6.91. The number of fused-ring (bicyclic) bond motifs is 1. The van der Waals surface area contributed by atoms with E-state index < -0.39 is 37.9 Å². The highest BCUT2D eigenvalue weighted by Crippen LogP contribution is 2.46. The highest BCUT2D eigenvalue weighted by Gasteiger charge is 2.68. The summed E-state index contributed by atoms with van der Waals surface area (Å²) in [5.74, 6) is -1.88. The Labute approximate surface area is 103 Å². The SMILES string of the molecule is C[C@]1(C=CC#N)[C@H](C(=O)O)N2C(=O)CC2S1(=O)=O. The maximum absolute atomic E-state index is 12.2.